The van der Waals surface area contributed by atoms with Crippen LogP contribution in [0.15, 0.2) is 48.5 Å². The summed E-state index contributed by atoms with van der Waals surface area (Å²) in [4.78, 5) is 11.7. The fourth-order valence-corrected chi connectivity index (χ4v) is 2.59. The first kappa shape index (κ1) is 12.9. The molecular weight excluding hydrogens is 272 g/mol. The minimum absolute atomic E-state index is 0.262. The summed E-state index contributed by atoms with van der Waals surface area (Å²) < 4.78 is 5.55. The second-order valence-electron chi connectivity index (χ2n) is 4.59. The van der Waals surface area contributed by atoms with E-state index in [9.17, 15) is 4.79 Å². The monoisotopic (exact) mass is 284 g/mol. The summed E-state index contributed by atoms with van der Waals surface area (Å²) in [6.45, 7) is 1.78. The van der Waals surface area contributed by atoms with Gasteiger partial charge in [0.15, 0.2) is 0 Å². The fourth-order valence-electron chi connectivity index (χ4n) is 2.32. The Morgan fingerprint density at radius 3 is 2.65 bits per heavy atom. The average molecular weight is 285 g/mol. The standard InChI is InChI=1S/C17H13ClO2/c1-2-15(19)20-17-13-8-4-3-6-11(13)10-12-7-5-9-14(18)16(12)17/h3-10H,2H2,1H3. The second-order valence-corrected chi connectivity index (χ2v) is 5.00. The summed E-state index contributed by atoms with van der Waals surface area (Å²) in [5.41, 5.74) is 0. The van der Waals surface area contributed by atoms with Gasteiger partial charge in [-0.05, 0) is 22.9 Å². The molecule has 0 aliphatic carbocycles. The molecule has 0 bridgehead atoms. The summed E-state index contributed by atoms with van der Waals surface area (Å²) >= 11 is 6.30. The van der Waals surface area contributed by atoms with Gasteiger partial charge in [0.05, 0.1) is 5.02 Å². The zero-order chi connectivity index (χ0) is 14.1. The van der Waals surface area contributed by atoms with Crippen molar-refractivity contribution in [1.82, 2.24) is 0 Å². The Morgan fingerprint density at radius 1 is 1.10 bits per heavy atom. The maximum Gasteiger partial charge on any atom is 0.310 e. The molecule has 0 aromatic heterocycles. The molecule has 0 N–H and O–H groups in total. The van der Waals surface area contributed by atoms with Crippen molar-refractivity contribution in [1.29, 1.82) is 0 Å². The van der Waals surface area contributed by atoms with Gasteiger partial charge in [-0.25, -0.2) is 0 Å². The lowest BCUT2D eigenvalue weighted by Gasteiger charge is -2.12. The lowest BCUT2D eigenvalue weighted by atomic mass is 10.0. The van der Waals surface area contributed by atoms with Crippen molar-refractivity contribution in [3.05, 3.63) is 53.6 Å². The van der Waals surface area contributed by atoms with Gasteiger partial charge < -0.3 is 4.74 Å². The normalized spacial score (nSPS) is 10.9. The third-order valence-electron chi connectivity index (χ3n) is 3.29. The van der Waals surface area contributed by atoms with Gasteiger partial charge in [0.1, 0.15) is 5.75 Å². The molecule has 3 aromatic rings. The first-order valence-electron chi connectivity index (χ1n) is 6.51. The van der Waals surface area contributed by atoms with Gasteiger partial charge in [0, 0.05) is 17.2 Å². The van der Waals surface area contributed by atoms with E-state index in [-0.39, 0.29) is 5.97 Å². The Labute approximate surface area is 121 Å². The second kappa shape index (κ2) is 5.14. The minimum atomic E-state index is -0.262. The molecule has 0 unspecified atom stereocenters. The first-order chi connectivity index (χ1) is 9.70. The molecule has 0 heterocycles. The van der Waals surface area contributed by atoms with Gasteiger partial charge in [-0.2, -0.15) is 0 Å². The summed E-state index contributed by atoms with van der Waals surface area (Å²) in [5, 5.41) is 4.27. The largest absolute Gasteiger partial charge is 0.425 e. The number of rotatable bonds is 2. The summed E-state index contributed by atoms with van der Waals surface area (Å²) in [6, 6.07) is 15.6. The van der Waals surface area contributed by atoms with Gasteiger partial charge in [0.2, 0.25) is 0 Å². The highest BCUT2D eigenvalue weighted by Gasteiger charge is 2.14. The SMILES string of the molecule is CCC(=O)Oc1c2ccccc2cc2cccc(Cl)c12. The Balaban J connectivity index is 2.41. The maximum atomic E-state index is 11.7. The van der Waals surface area contributed by atoms with Crippen LogP contribution in [0.5, 0.6) is 5.75 Å². The minimum Gasteiger partial charge on any atom is -0.425 e. The predicted molar refractivity (Wildman–Crippen MR) is 82.4 cm³/mol. The van der Waals surface area contributed by atoms with E-state index < -0.39 is 0 Å². The third kappa shape index (κ3) is 2.12. The van der Waals surface area contributed by atoms with E-state index in [0.717, 1.165) is 21.5 Å². The number of ether oxygens (including phenoxy) is 1. The molecule has 0 aliphatic heterocycles. The quantitative estimate of drug-likeness (QED) is 0.378. The van der Waals surface area contributed by atoms with Crippen LogP contribution in [0.1, 0.15) is 13.3 Å². The van der Waals surface area contributed by atoms with E-state index >= 15 is 0 Å². The lowest BCUT2D eigenvalue weighted by molar-refractivity contribution is -0.133. The summed E-state index contributed by atoms with van der Waals surface area (Å²) in [5.74, 6) is 0.290. The summed E-state index contributed by atoms with van der Waals surface area (Å²) in [6.07, 6.45) is 0.329. The van der Waals surface area contributed by atoms with Gasteiger partial charge in [-0.15, -0.1) is 0 Å². The molecule has 0 radical (unpaired) electrons. The molecule has 0 fully saturated rings. The molecule has 0 spiro atoms. The van der Waals surface area contributed by atoms with Crippen molar-refractivity contribution in [2.75, 3.05) is 0 Å². The summed E-state index contributed by atoms with van der Waals surface area (Å²) in [7, 11) is 0. The Bertz CT molecular complexity index is 809. The highest BCUT2D eigenvalue weighted by atomic mass is 35.5. The molecule has 0 atom stereocenters. The molecule has 0 aliphatic rings. The molecular formula is C17H13ClO2. The lowest BCUT2D eigenvalue weighted by Crippen LogP contribution is -2.06. The Hall–Kier alpha value is -2.06. The zero-order valence-corrected chi connectivity index (χ0v) is 11.8. The molecule has 0 saturated carbocycles. The van der Waals surface area contributed by atoms with Crippen molar-refractivity contribution >= 4 is 39.1 Å². The van der Waals surface area contributed by atoms with E-state index in [1.807, 2.05) is 42.5 Å². The Kier molecular flexibility index (Phi) is 3.33. The molecule has 0 saturated heterocycles. The van der Waals surface area contributed by atoms with Gasteiger partial charge in [-0.3, -0.25) is 4.79 Å². The van der Waals surface area contributed by atoms with Crippen molar-refractivity contribution in [2.45, 2.75) is 13.3 Å². The van der Waals surface area contributed by atoms with E-state index in [1.54, 1.807) is 6.92 Å². The van der Waals surface area contributed by atoms with Gasteiger partial charge in [-0.1, -0.05) is 54.9 Å². The van der Waals surface area contributed by atoms with E-state index in [1.165, 1.54) is 0 Å². The average Bonchev–Trinajstić information content (AvgIpc) is 2.47. The van der Waals surface area contributed by atoms with Crippen LogP contribution in [-0.4, -0.2) is 5.97 Å². The third-order valence-corrected chi connectivity index (χ3v) is 3.61. The maximum absolute atomic E-state index is 11.7. The van der Waals surface area contributed by atoms with Crippen LogP contribution >= 0.6 is 11.6 Å². The van der Waals surface area contributed by atoms with Crippen molar-refractivity contribution in [2.24, 2.45) is 0 Å². The van der Waals surface area contributed by atoms with E-state index in [2.05, 4.69) is 6.07 Å². The van der Waals surface area contributed by atoms with Crippen LogP contribution in [0.2, 0.25) is 5.02 Å². The molecule has 2 nitrogen and oxygen atoms in total. The molecule has 0 amide bonds. The molecule has 3 rings (SSSR count). The molecule has 20 heavy (non-hydrogen) atoms. The fraction of sp³-hybridized carbons (Fsp3) is 0.118. The highest BCUT2D eigenvalue weighted by molar-refractivity contribution is 6.37. The number of carbonyl (C=O) groups excluding carboxylic acids is 1. The first-order valence-corrected chi connectivity index (χ1v) is 6.89. The van der Waals surface area contributed by atoms with E-state index in [0.29, 0.717) is 17.2 Å². The van der Waals surface area contributed by atoms with Crippen LogP contribution in [0.25, 0.3) is 21.5 Å². The van der Waals surface area contributed by atoms with Crippen LogP contribution < -0.4 is 4.74 Å². The highest BCUT2D eigenvalue weighted by Crippen LogP contribution is 2.38. The van der Waals surface area contributed by atoms with Crippen LogP contribution in [0.3, 0.4) is 0 Å². The topological polar surface area (TPSA) is 26.3 Å². The number of hydrogen-bond donors (Lipinski definition) is 0. The molecule has 3 aromatic carbocycles. The number of hydrogen-bond acceptors (Lipinski definition) is 2. The van der Waals surface area contributed by atoms with Crippen molar-refractivity contribution < 1.29 is 9.53 Å². The van der Waals surface area contributed by atoms with Gasteiger partial charge in [0.25, 0.3) is 0 Å². The predicted octanol–water partition coefficient (Wildman–Crippen LogP) is 4.96. The number of fused-ring (bicyclic) bond motifs is 2. The van der Waals surface area contributed by atoms with E-state index in [4.69, 9.17) is 16.3 Å². The van der Waals surface area contributed by atoms with Crippen LogP contribution in [0.4, 0.5) is 0 Å². The number of carbonyl (C=O) groups is 1. The van der Waals surface area contributed by atoms with Crippen LogP contribution in [-0.2, 0) is 4.79 Å². The number of halogens is 1. The number of esters is 1. The molecule has 100 valence electrons. The van der Waals surface area contributed by atoms with Crippen molar-refractivity contribution in [3.8, 4) is 5.75 Å². The smallest absolute Gasteiger partial charge is 0.310 e. The Morgan fingerprint density at radius 2 is 1.85 bits per heavy atom. The number of benzene rings is 3. The van der Waals surface area contributed by atoms with Crippen LogP contribution in [0, 0.1) is 0 Å². The zero-order valence-electron chi connectivity index (χ0n) is 11.0. The van der Waals surface area contributed by atoms with Crippen molar-refractivity contribution in [3.63, 3.8) is 0 Å². The van der Waals surface area contributed by atoms with Gasteiger partial charge >= 0.3 is 5.97 Å². The molecule has 3 heteroatoms.